The van der Waals surface area contributed by atoms with Crippen molar-refractivity contribution in [3.8, 4) is 11.3 Å². The molecule has 1 N–H and O–H groups in total. The molecule has 0 fully saturated rings. The third kappa shape index (κ3) is 3.38. The smallest absolute Gasteiger partial charge is 0.274 e. The molecule has 0 aliphatic heterocycles. The maximum atomic E-state index is 13.3. The molecule has 5 nitrogen and oxygen atoms in total. The lowest BCUT2D eigenvalue weighted by molar-refractivity contribution is -0.385. The Morgan fingerprint density at radius 2 is 1.96 bits per heavy atom. The molecular weight excluding hydrogens is 336 g/mol. The average molecular weight is 347 g/mol. The Hall–Kier alpha value is -2.87. The quantitative estimate of drug-likeness (QED) is 0.541. The lowest BCUT2D eigenvalue weighted by Gasteiger charge is -2.04. The molecule has 8 heteroatoms. The summed E-state index contributed by atoms with van der Waals surface area (Å²) in [5.41, 5.74) is 1.53. The molecule has 0 bridgehead atoms. The molecule has 0 atom stereocenters. The highest BCUT2D eigenvalue weighted by Gasteiger charge is 2.13. The van der Waals surface area contributed by atoms with Gasteiger partial charge in [-0.05, 0) is 18.2 Å². The van der Waals surface area contributed by atoms with Gasteiger partial charge in [0.1, 0.15) is 0 Å². The zero-order chi connectivity index (χ0) is 17.1. The van der Waals surface area contributed by atoms with Gasteiger partial charge in [0.25, 0.3) is 5.69 Å². The number of rotatable bonds is 5. The zero-order valence-corrected chi connectivity index (χ0v) is 13.0. The number of para-hydroxylation sites is 1. The van der Waals surface area contributed by atoms with Crippen LogP contribution in [0.1, 0.15) is 5.56 Å². The molecule has 24 heavy (non-hydrogen) atoms. The first-order valence-electron chi connectivity index (χ1n) is 6.91. The third-order valence-corrected chi connectivity index (χ3v) is 4.14. The molecule has 122 valence electrons. The van der Waals surface area contributed by atoms with E-state index in [4.69, 9.17) is 0 Å². The maximum Gasteiger partial charge on any atom is 0.274 e. The Bertz CT molecular complexity index is 899. The lowest BCUT2D eigenvalue weighted by Crippen LogP contribution is -2.02. The summed E-state index contributed by atoms with van der Waals surface area (Å²) >= 11 is 1.28. The molecule has 0 aliphatic rings. The number of nitrogens with one attached hydrogen (secondary N) is 1. The van der Waals surface area contributed by atoms with Gasteiger partial charge in [-0.1, -0.05) is 18.2 Å². The van der Waals surface area contributed by atoms with Crippen LogP contribution in [0.5, 0.6) is 0 Å². The first-order chi connectivity index (χ1) is 11.5. The Morgan fingerprint density at radius 3 is 2.71 bits per heavy atom. The van der Waals surface area contributed by atoms with Crippen molar-refractivity contribution >= 4 is 22.2 Å². The van der Waals surface area contributed by atoms with Crippen LogP contribution in [0.2, 0.25) is 0 Å². The lowest BCUT2D eigenvalue weighted by atomic mass is 10.2. The van der Waals surface area contributed by atoms with Crippen molar-refractivity contribution in [2.45, 2.75) is 6.54 Å². The SMILES string of the molecule is O=[N+]([O-])c1ccccc1CNc1nc(-c2ccc(F)c(F)c2)cs1. The van der Waals surface area contributed by atoms with Crippen molar-refractivity contribution < 1.29 is 13.7 Å². The van der Waals surface area contributed by atoms with E-state index in [1.807, 2.05) is 0 Å². The standard InChI is InChI=1S/C16H11F2N3O2S/c17-12-6-5-10(7-13(12)18)14-9-24-16(20-14)19-8-11-3-1-2-4-15(11)21(22)23/h1-7,9H,8H2,(H,19,20). The minimum Gasteiger partial charge on any atom is -0.357 e. The first-order valence-corrected chi connectivity index (χ1v) is 7.79. The highest BCUT2D eigenvalue weighted by Crippen LogP contribution is 2.27. The van der Waals surface area contributed by atoms with E-state index in [1.54, 1.807) is 23.6 Å². The van der Waals surface area contributed by atoms with Gasteiger partial charge in [0.2, 0.25) is 0 Å². The number of halogens is 2. The average Bonchev–Trinajstić information content (AvgIpc) is 3.04. The number of aromatic nitrogens is 1. The van der Waals surface area contributed by atoms with Crippen LogP contribution >= 0.6 is 11.3 Å². The van der Waals surface area contributed by atoms with Crippen molar-refractivity contribution in [3.05, 3.63) is 75.2 Å². The van der Waals surface area contributed by atoms with Gasteiger partial charge in [-0.2, -0.15) is 0 Å². The molecule has 0 amide bonds. The van der Waals surface area contributed by atoms with Crippen LogP contribution < -0.4 is 5.32 Å². The van der Waals surface area contributed by atoms with E-state index < -0.39 is 16.6 Å². The molecule has 2 aromatic carbocycles. The Labute approximate surface area is 139 Å². The second kappa shape index (κ2) is 6.71. The molecule has 1 aromatic heterocycles. The van der Waals surface area contributed by atoms with E-state index in [9.17, 15) is 18.9 Å². The molecule has 0 unspecified atom stereocenters. The van der Waals surface area contributed by atoms with Gasteiger partial charge in [-0.15, -0.1) is 11.3 Å². The minimum atomic E-state index is -0.935. The van der Waals surface area contributed by atoms with Crippen molar-refractivity contribution in [1.82, 2.24) is 4.98 Å². The monoisotopic (exact) mass is 347 g/mol. The van der Waals surface area contributed by atoms with Crippen molar-refractivity contribution in [1.29, 1.82) is 0 Å². The molecule has 0 saturated heterocycles. The van der Waals surface area contributed by atoms with E-state index in [1.165, 1.54) is 23.5 Å². The van der Waals surface area contributed by atoms with E-state index in [-0.39, 0.29) is 12.2 Å². The van der Waals surface area contributed by atoms with Gasteiger partial charge in [-0.3, -0.25) is 10.1 Å². The molecule has 0 saturated carbocycles. The van der Waals surface area contributed by atoms with Crippen LogP contribution in [0.3, 0.4) is 0 Å². The summed E-state index contributed by atoms with van der Waals surface area (Å²) in [6.07, 6.45) is 0. The van der Waals surface area contributed by atoms with E-state index in [0.717, 1.165) is 12.1 Å². The number of nitro benzene ring substituents is 1. The fourth-order valence-electron chi connectivity index (χ4n) is 2.15. The van der Waals surface area contributed by atoms with Gasteiger partial charge in [-0.25, -0.2) is 13.8 Å². The molecule has 3 aromatic rings. The van der Waals surface area contributed by atoms with Crippen LogP contribution in [-0.4, -0.2) is 9.91 Å². The predicted octanol–water partition coefficient (Wildman–Crippen LogP) is 4.61. The van der Waals surface area contributed by atoms with Crippen LogP contribution in [0.15, 0.2) is 47.8 Å². The summed E-state index contributed by atoms with van der Waals surface area (Å²) in [5.74, 6) is -1.85. The predicted molar refractivity (Wildman–Crippen MR) is 87.9 cm³/mol. The van der Waals surface area contributed by atoms with Crippen LogP contribution in [0, 0.1) is 21.7 Å². The van der Waals surface area contributed by atoms with E-state index in [2.05, 4.69) is 10.3 Å². The number of hydrogen-bond acceptors (Lipinski definition) is 5. The van der Waals surface area contributed by atoms with Gasteiger partial charge in [0, 0.05) is 29.1 Å². The highest BCUT2D eigenvalue weighted by atomic mass is 32.1. The number of nitro groups is 1. The second-order valence-corrected chi connectivity index (χ2v) is 5.76. The summed E-state index contributed by atoms with van der Waals surface area (Å²) in [5, 5.41) is 16.2. The van der Waals surface area contributed by atoms with Gasteiger partial charge in [0.15, 0.2) is 16.8 Å². The molecule has 1 heterocycles. The first kappa shape index (κ1) is 16.0. The third-order valence-electron chi connectivity index (χ3n) is 3.34. The topological polar surface area (TPSA) is 68.1 Å². The van der Waals surface area contributed by atoms with Gasteiger partial charge >= 0.3 is 0 Å². The van der Waals surface area contributed by atoms with Gasteiger partial charge in [0.05, 0.1) is 10.6 Å². The normalized spacial score (nSPS) is 10.6. The summed E-state index contributed by atoms with van der Waals surface area (Å²) in [6.45, 7) is 0.238. The zero-order valence-electron chi connectivity index (χ0n) is 12.2. The number of hydrogen-bond donors (Lipinski definition) is 1. The van der Waals surface area contributed by atoms with Crippen molar-refractivity contribution in [2.24, 2.45) is 0 Å². The number of benzene rings is 2. The van der Waals surface area contributed by atoms with E-state index >= 15 is 0 Å². The summed E-state index contributed by atoms with van der Waals surface area (Å²) in [7, 11) is 0. The second-order valence-electron chi connectivity index (χ2n) is 4.91. The number of nitrogens with zero attached hydrogens (tertiary/aromatic N) is 2. The Morgan fingerprint density at radius 1 is 1.17 bits per heavy atom. The molecule has 3 rings (SSSR count). The molecular formula is C16H11F2N3O2S. The number of thiazole rings is 1. The van der Waals surface area contributed by atoms with Gasteiger partial charge < -0.3 is 5.32 Å². The minimum absolute atomic E-state index is 0.0300. The molecule has 0 aliphatic carbocycles. The Balaban J connectivity index is 1.75. The van der Waals surface area contributed by atoms with Crippen molar-refractivity contribution in [3.63, 3.8) is 0 Å². The summed E-state index contributed by atoms with van der Waals surface area (Å²) in [6, 6.07) is 9.99. The maximum absolute atomic E-state index is 13.3. The molecule has 0 radical (unpaired) electrons. The highest BCUT2D eigenvalue weighted by molar-refractivity contribution is 7.14. The van der Waals surface area contributed by atoms with E-state index in [0.29, 0.717) is 22.0 Å². The van der Waals surface area contributed by atoms with Crippen LogP contribution in [0.25, 0.3) is 11.3 Å². The van der Waals surface area contributed by atoms with Crippen LogP contribution in [0.4, 0.5) is 19.6 Å². The number of anilines is 1. The fraction of sp³-hybridized carbons (Fsp3) is 0.0625. The Kier molecular flexibility index (Phi) is 4.48. The van der Waals surface area contributed by atoms with Crippen molar-refractivity contribution in [2.75, 3.05) is 5.32 Å². The summed E-state index contributed by atoms with van der Waals surface area (Å²) < 4.78 is 26.3. The molecule has 0 spiro atoms. The fourth-order valence-corrected chi connectivity index (χ4v) is 2.87. The summed E-state index contributed by atoms with van der Waals surface area (Å²) in [4.78, 5) is 14.8. The largest absolute Gasteiger partial charge is 0.357 e. The van der Waals surface area contributed by atoms with Crippen LogP contribution in [-0.2, 0) is 6.54 Å².